The molecule has 0 heterocycles. The van der Waals surface area contributed by atoms with Crippen molar-refractivity contribution in [1.82, 2.24) is 4.90 Å². The van der Waals surface area contributed by atoms with E-state index in [4.69, 9.17) is 9.90 Å². The molecule has 0 aliphatic carbocycles. The highest BCUT2D eigenvalue weighted by Crippen LogP contribution is 1.99. The van der Waals surface area contributed by atoms with E-state index in [0.29, 0.717) is 0 Å². The predicted octanol–water partition coefficient (Wildman–Crippen LogP) is 2.64. The van der Waals surface area contributed by atoms with Crippen LogP contribution in [0, 0.1) is 0 Å². The Bertz CT molecular complexity index is 267. The normalized spacial score (nSPS) is 8.25. The van der Waals surface area contributed by atoms with Gasteiger partial charge in [-0.05, 0) is 19.7 Å². The van der Waals surface area contributed by atoms with Gasteiger partial charge >= 0.3 is 0 Å². The summed E-state index contributed by atoms with van der Waals surface area (Å²) in [5.74, 6) is -0.833. The van der Waals surface area contributed by atoms with E-state index in [1.165, 1.54) is 5.56 Å². The molecule has 0 saturated heterocycles. The Hall–Kier alpha value is -1.61. The number of hydrogen-bond acceptors (Lipinski definition) is 2. The largest absolute Gasteiger partial charge is 0.481 e. The Labute approximate surface area is 98.0 Å². The van der Waals surface area contributed by atoms with Gasteiger partial charge in [-0.25, -0.2) is 0 Å². The minimum atomic E-state index is -0.833. The number of hydrogen-bond donors (Lipinski definition) is 1. The van der Waals surface area contributed by atoms with E-state index >= 15 is 0 Å². The first kappa shape index (κ1) is 16.8. The second-order valence-electron chi connectivity index (χ2n) is 3.24. The fourth-order valence-electron chi connectivity index (χ4n) is 0.949. The molecule has 3 nitrogen and oxygen atoms in total. The lowest BCUT2D eigenvalue weighted by molar-refractivity contribution is -0.134. The molecular formula is C13H21NO2. The van der Waals surface area contributed by atoms with Gasteiger partial charge in [-0.15, -0.1) is 13.2 Å². The maximum Gasteiger partial charge on any atom is 0.300 e. The Morgan fingerprint density at radius 1 is 1.25 bits per heavy atom. The summed E-state index contributed by atoms with van der Waals surface area (Å²) in [6, 6.07) is 10.5. The molecule has 0 aliphatic rings. The first-order chi connectivity index (χ1) is 7.52. The van der Waals surface area contributed by atoms with Gasteiger partial charge in [0.05, 0.1) is 0 Å². The molecule has 0 saturated carbocycles. The SMILES string of the molecule is C=C.CC(=O)O.CN(C)Cc1ccccc1. The minimum Gasteiger partial charge on any atom is -0.481 e. The van der Waals surface area contributed by atoms with Crippen molar-refractivity contribution in [2.24, 2.45) is 0 Å². The highest BCUT2D eigenvalue weighted by atomic mass is 16.4. The number of carbonyl (C=O) groups is 1. The monoisotopic (exact) mass is 223 g/mol. The maximum absolute atomic E-state index is 9.00. The molecule has 1 rings (SSSR count). The van der Waals surface area contributed by atoms with E-state index in [9.17, 15) is 0 Å². The number of carboxylic acids is 1. The van der Waals surface area contributed by atoms with Crippen molar-refractivity contribution < 1.29 is 9.90 Å². The minimum absolute atomic E-state index is 0.833. The molecule has 0 aliphatic heterocycles. The van der Waals surface area contributed by atoms with E-state index in [0.717, 1.165) is 13.5 Å². The first-order valence-electron chi connectivity index (χ1n) is 4.90. The van der Waals surface area contributed by atoms with Crippen molar-refractivity contribution >= 4 is 5.97 Å². The third-order valence-electron chi connectivity index (χ3n) is 1.34. The fraction of sp³-hybridized carbons (Fsp3) is 0.308. The number of rotatable bonds is 2. The summed E-state index contributed by atoms with van der Waals surface area (Å²) in [6.45, 7) is 8.11. The predicted molar refractivity (Wildman–Crippen MR) is 68.4 cm³/mol. The highest BCUT2D eigenvalue weighted by Gasteiger charge is 1.90. The van der Waals surface area contributed by atoms with Crippen LogP contribution in [0.5, 0.6) is 0 Å². The highest BCUT2D eigenvalue weighted by molar-refractivity contribution is 5.62. The molecule has 1 aromatic rings. The Morgan fingerprint density at radius 3 is 1.94 bits per heavy atom. The average molecular weight is 223 g/mol. The van der Waals surface area contributed by atoms with Gasteiger partial charge in [0.2, 0.25) is 0 Å². The van der Waals surface area contributed by atoms with Gasteiger partial charge in [0.15, 0.2) is 0 Å². The zero-order valence-electron chi connectivity index (χ0n) is 10.3. The van der Waals surface area contributed by atoms with E-state index in [1.807, 2.05) is 6.07 Å². The molecule has 0 radical (unpaired) electrons. The van der Waals surface area contributed by atoms with Crippen LogP contribution in [0.15, 0.2) is 43.5 Å². The molecule has 3 heteroatoms. The van der Waals surface area contributed by atoms with Gasteiger partial charge in [-0.3, -0.25) is 4.79 Å². The lowest BCUT2D eigenvalue weighted by Gasteiger charge is -2.08. The lowest BCUT2D eigenvalue weighted by Crippen LogP contribution is -2.10. The standard InChI is InChI=1S/C9H13N.C2H4O2.C2H4/c1-10(2)8-9-6-4-3-5-7-9;1-2(3)4;1-2/h3-7H,8H2,1-2H3;1H3,(H,3,4);1-2H2. The van der Waals surface area contributed by atoms with E-state index in [2.05, 4.69) is 56.4 Å². The Morgan fingerprint density at radius 2 is 1.62 bits per heavy atom. The molecule has 0 unspecified atom stereocenters. The smallest absolute Gasteiger partial charge is 0.300 e. The molecule has 0 bridgehead atoms. The van der Waals surface area contributed by atoms with Crippen LogP contribution in [0.25, 0.3) is 0 Å². The van der Waals surface area contributed by atoms with Gasteiger partial charge in [0, 0.05) is 13.5 Å². The zero-order valence-corrected chi connectivity index (χ0v) is 10.3. The van der Waals surface area contributed by atoms with Crippen LogP contribution in [-0.2, 0) is 11.3 Å². The van der Waals surface area contributed by atoms with Gasteiger partial charge in [0.25, 0.3) is 5.97 Å². The molecule has 0 fully saturated rings. The van der Waals surface area contributed by atoms with Crippen molar-refractivity contribution in [2.75, 3.05) is 14.1 Å². The maximum atomic E-state index is 9.00. The molecular weight excluding hydrogens is 202 g/mol. The summed E-state index contributed by atoms with van der Waals surface area (Å²) < 4.78 is 0. The molecule has 0 spiro atoms. The van der Waals surface area contributed by atoms with Gasteiger partial charge in [0.1, 0.15) is 0 Å². The summed E-state index contributed by atoms with van der Waals surface area (Å²) in [6.07, 6.45) is 0. The van der Waals surface area contributed by atoms with Crippen molar-refractivity contribution in [3.63, 3.8) is 0 Å². The number of aliphatic carboxylic acids is 1. The van der Waals surface area contributed by atoms with Crippen LogP contribution in [0.1, 0.15) is 12.5 Å². The fourth-order valence-corrected chi connectivity index (χ4v) is 0.949. The number of nitrogens with zero attached hydrogens (tertiary/aromatic N) is 1. The average Bonchev–Trinajstić information content (AvgIpc) is 2.20. The lowest BCUT2D eigenvalue weighted by atomic mass is 10.2. The zero-order chi connectivity index (χ0) is 13.0. The van der Waals surface area contributed by atoms with Crippen molar-refractivity contribution in [3.8, 4) is 0 Å². The number of benzene rings is 1. The van der Waals surface area contributed by atoms with E-state index < -0.39 is 5.97 Å². The van der Waals surface area contributed by atoms with Crippen molar-refractivity contribution in [2.45, 2.75) is 13.5 Å². The Kier molecular flexibility index (Phi) is 12.0. The van der Waals surface area contributed by atoms with Crippen LogP contribution in [0.4, 0.5) is 0 Å². The summed E-state index contributed by atoms with van der Waals surface area (Å²) in [5.41, 5.74) is 1.37. The first-order valence-corrected chi connectivity index (χ1v) is 4.90. The van der Waals surface area contributed by atoms with Gasteiger partial charge in [-0.2, -0.15) is 0 Å². The third kappa shape index (κ3) is 14.9. The summed E-state index contributed by atoms with van der Waals surface area (Å²) >= 11 is 0. The van der Waals surface area contributed by atoms with Crippen LogP contribution in [0.3, 0.4) is 0 Å². The second kappa shape index (κ2) is 11.5. The summed E-state index contributed by atoms with van der Waals surface area (Å²) in [7, 11) is 4.15. The molecule has 0 amide bonds. The molecule has 16 heavy (non-hydrogen) atoms. The molecule has 0 atom stereocenters. The molecule has 1 aromatic carbocycles. The van der Waals surface area contributed by atoms with Crippen LogP contribution in [-0.4, -0.2) is 30.1 Å². The molecule has 90 valence electrons. The topological polar surface area (TPSA) is 40.5 Å². The van der Waals surface area contributed by atoms with Gasteiger partial charge in [-0.1, -0.05) is 30.3 Å². The Balaban J connectivity index is 0. The third-order valence-corrected chi connectivity index (χ3v) is 1.34. The van der Waals surface area contributed by atoms with Crippen molar-refractivity contribution in [1.29, 1.82) is 0 Å². The van der Waals surface area contributed by atoms with Crippen molar-refractivity contribution in [3.05, 3.63) is 49.1 Å². The summed E-state index contributed by atoms with van der Waals surface area (Å²) in [5, 5.41) is 7.42. The van der Waals surface area contributed by atoms with Crippen LogP contribution < -0.4 is 0 Å². The summed E-state index contributed by atoms with van der Waals surface area (Å²) in [4.78, 5) is 11.2. The molecule has 1 N–H and O–H groups in total. The second-order valence-corrected chi connectivity index (χ2v) is 3.24. The van der Waals surface area contributed by atoms with E-state index in [1.54, 1.807) is 0 Å². The van der Waals surface area contributed by atoms with Crippen LogP contribution >= 0.6 is 0 Å². The molecule has 0 aromatic heterocycles. The van der Waals surface area contributed by atoms with Crippen LogP contribution in [0.2, 0.25) is 0 Å². The quantitative estimate of drug-likeness (QED) is 0.784. The van der Waals surface area contributed by atoms with Gasteiger partial charge < -0.3 is 10.0 Å². The number of carboxylic acid groups (broad SMARTS) is 1. The van der Waals surface area contributed by atoms with E-state index in [-0.39, 0.29) is 0 Å².